The molecule has 0 bridgehead atoms. The first kappa shape index (κ1) is 16.9. The van der Waals surface area contributed by atoms with Crippen LogP contribution in [-0.4, -0.2) is 28.2 Å². The number of H-pyrrole nitrogens is 1. The summed E-state index contributed by atoms with van der Waals surface area (Å²) in [7, 11) is 0. The van der Waals surface area contributed by atoms with Crippen LogP contribution in [-0.2, 0) is 0 Å². The van der Waals surface area contributed by atoms with E-state index in [9.17, 15) is 9.59 Å². The fourth-order valence-electron chi connectivity index (χ4n) is 1.85. The fraction of sp³-hybridized carbons (Fsp3) is 0.267. The summed E-state index contributed by atoms with van der Waals surface area (Å²) in [5.41, 5.74) is 5.62. The summed E-state index contributed by atoms with van der Waals surface area (Å²) in [5.74, 6) is 0.969. The number of nitrogens with two attached hydrogens (primary N) is 1. The molecule has 23 heavy (non-hydrogen) atoms. The van der Waals surface area contributed by atoms with Crippen LogP contribution < -0.4 is 21.3 Å². The van der Waals surface area contributed by atoms with Crippen molar-refractivity contribution in [2.75, 3.05) is 23.4 Å². The Morgan fingerprint density at radius 2 is 2.04 bits per heavy atom. The summed E-state index contributed by atoms with van der Waals surface area (Å²) in [5, 5.41) is 2.92. The van der Waals surface area contributed by atoms with Crippen molar-refractivity contribution in [1.82, 2.24) is 9.97 Å². The molecular weight excluding hydrogens is 316 g/mol. The zero-order valence-corrected chi connectivity index (χ0v) is 13.7. The number of aromatic amines is 1. The molecule has 8 heteroatoms. The van der Waals surface area contributed by atoms with Crippen LogP contribution in [0.2, 0.25) is 0 Å². The van der Waals surface area contributed by atoms with Gasteiger partial charge >= 0.3 is 0 Å². The van der Waals surface area contributed by atoms with Gasteiger partial charge in [0, 0.05) is 5.56 Å². The maximum Gasteiger partial charge on any atom is 0.277 e. The molecule has 2 rings (SSSR count). The molecule has 4 N–H and O–H groups in total. The molecule has 1 amide bonds. The fourth-order valence-corrected chi connectivity index (χ4v) is 2.45. The third kappa shape index (κ3) is 4.26. The highest BCUT2D eigenvalue weighted by Crippen LogP contribution is 2.17. The highest BCUT2D eigenvalue weighted by molar-refractivity contribution is 7.99. The van der Waals surface area contributed by atoms with Crippen molar-refractivity contribution in [2.24, 2.45) is 0 Å². The second kappa shape index (κ2) is 7.68. The van der Waals surface area contributed by atoms with Crippen molar-refractivity contribution < 1.29 is 9.53 Å². The van der Waals surface area contributed by atoms with Gasteiger partial charge in [0.2, 0.25) is 0 Å². The number of anilines is 2. The molecular formula is C15H18N4O3S. The lowest BCUT2D eigenvalue weighted by Crippen LogP contribution is -2.23. The first-order chi connectivity index (χ1) is 11.0. The van der Waals surface area contributed by atoms with Gasteiger partial charge in [-0.1, -0.05) is 18.7 Å². The third-order valence-corrected chi connectivity index (χ3v) is 3.63. The van der Waals surface area contributed by atoms with Crippen molar-refractivity contribution in [1.29, 1.82) is 0 Å². The Morgan fingerprint density at radius 3 is 2.61 bits per heavy atom. The van der Waals surface area contributed by atoms with Crippen LogP contribution in [0.3, 0.4) is 0 Å². The van der Waals surface area contributed by atoms with Gasteiger partial charge in [-0.15, -0.1) is 0 Å². The van der Waals surface area contributed by atoms with E-state index in [1.807, 2.05) is 13.8 Å². The van der Waals surface area contributed by atoms with E-state index in [2.05, 4.69) is 15.3 Å². The average Bonchev–Trinajstić information content (AvgIpc) is 2.52. The molecule has 0 aliphatic carbocycles. The number of thioether (sulfide) groups is 1. The minimum atomic E-state index is -0.479. The number of nitrogens with one attached hydrogen (secondary N) is 2. The van der Waals surface area contributed by atoms with Crippen LogP contribution in [0, 0.1) is 0 Å². The Hall–Kier alpha value is -2.48. The van der Waals surface area contributed by atoms with Gasteiger partial charge < -0.3 is 15.8 Å². The van der Waals surface area contributed by atoms with Crippen LogP contribution >= 0.6 is 11.8 Å². The summed E-state index contributed by atoms with van der Waals surface area (Å²) in [6.07, 6.45) is 0. The summed E-state index contributed by atoms with van der Waals surface area (Å²) in [6, 6.07) is 6.59. The maximum absolute atomic E-state index is 12.2. The molecule has 1 aromatic carbocycles. The predicted molar refractivity (Wildman–Crippen MR) is 91.2 cm³/mol. The SMILES string of the molecule is CCOc1ccc(C(=O)Nc2c(N)nc(SCC)[nH]c2=O)cc1. The normalized spacial score (nSPS) is 10.3. The molecule has 0 radical (unpaired) electrons. The molecule has 0 fully saturated rings. The van der Waals surface area contributed by atoms with Crippen LogP contribution in [0.15, 0.2) is 34.2 Å². The molecule has 0 unspecified atom stereocenters. The van der Waals surface area contributed by atoms with Crippen molar-refractivity contribution >= 4 is 29.2 Å². The van der Waals surface area contributed by atoms with Gasteiger partial charge in [0.1, 0.15) is 11.4 Å². The van der Waals surface area contributed by atoms with Crippen molar-refractivity contribution in [2.45, 2.75) is 19.0 Å². The summed E-state index contributed by atoms with van der Waals surface area (Å²) in [4.78, 5) is 30.9. The number of nitrogens with zero attached hydrogens (tertiary/aromatic N) is 1. The van der Waals surface area contributed by atoms with Crippen molar-refractivity contribution in [3.63, 3.8) is 0 Å². The molecule has 122 valence electrons. The largest absolute Gasteiger partial charge is 0.494 e. The zero-order valence-electron chi connectivity index (χ0n) is 12.9. The van der Waals surface area contributed by atoms with Crippen LogP contribution in [0.25, 0.3) is 0 Å². The van der Waals surface area contributed by atoms with Crippen LogP contribution in [0.1, 0.15) is 24.2 Å². The van der Waals surface area contributed by atoms with Gasteiger partial charge in [-0.3, -0.25) is 14.6 Å². The zero-order chi connectivity index (χ0) is 16.8. The molecule has 1 aromatic heterocycles. The second-order valence-electron chi connectivity index (χ2n) is 4.48. The molecule has 0 saturated carbocycles. The molecule has 1 heterocycles. The van der Waals surface area contributed by atoms with E-state index >= 15 is 0 Å². The number of nitrogen functional groups attached to an aromatic ring is 1. The van der Waals surface area contributed by atoms with E-state index in [1.165, 1.54) is 11.8 Å². The van der Waals surface area contributed by atoms with Gasteiger partial charge in [0.15, 0.2) is 11.0 Å². The monoisotopic (exact) mass is 334 g/mol. The maximum atomic E-state index is 12.2. The van der Waals surface area contributed by atoms with Gasteiger partial charge in [0.05, 0.1) is 6.61 Å². The lowest BCUT2D eigenvalue weighted by Gasteiger charge is -2.08. The van der Waals surface area contributed by atoms with E-state index in [0.29, 0.717) is 23.1 Å². The van der Waals surface area contributed by atoms with E-state index in [1.54, 1.807) is 24.3 Å². The molecule has 0 atom stereocenters. The molecule has 7 nitrogen and oxygen atoms in total. The van der Waals surface area contributed by atoms with Gasteiger partial charge in [-0.2, -0.15) is 0 Å². The average molecular weight is 334 g/mol. The quantitative estimate of drug-likeness (QED) is 0.551. The van der Waals surface area contributed by atoms with E-state index in [0.717, 1.165) is 5.75 Å². The Bertz CT molecular complexity index is 743. The number of amides is 1. The molecule has 0 saturated heterocycles. The lowest BCUT2D eigenvalue weighted by atomic mass is 10.2. The summed E-state index contributed by atoms with van der Waals surface area (Å²) in [6.45, 7) is 4.36. The second-order valence-corrected chi connectivity index (χ2v) is 5.73. The first-order valence-electron chi connectivity index (χ1n) is 7.12. The number of benzene rings is 1. The highest BCUT2D eigenvalue weighted by atomic mass is 32.2. The predicted octanol–water partition coefficient (Wildman–Crippen LogP) is 2.12. The Labute approximate surface area is 137 Å². The number of aromatic nitrogens is 2. The molecule has 2 aromatic rings. The van der Waals surface area contributed by atoms with Gasteiger partial charge in [-0.05, 0) is 36.9 Å². The number of hydrogen-bond donors (Lipinski definition) is 3. The Kier molecular flexibility index (Phi) is 5.64. The number of rotatable bonds is 6. The highest BCUT2D eigenvalue weighted by Gasteiger charge is 2.14. The van der Waals surface area contributed by atoms with E-state index in [-0.39, 0.29) is 11.5 Å². The van der Waals surface area contributed by atoms with Gasteiger partial charge in [-0.25, -0.2) is 4.98 Å². The molecule has 0 aliphatic rings. The summed E-state index contributed by atoms with van der Waals surface area (Å²) >= 11 is 1.36. The Morgan fingerprint density at radius 1 is 1.35 bits per heavy atom. The number of ether oxygens (including phenoxy) is 1. The van der Waals surface area contributed by atoms with Crippen molar-refractivity contribution in [3.8, 4) is 5.75 Å². The van der Waals surface area contributed by atoms with Crippen LogP contribution in [0.5, 0.6) is 5.75 Å². The van der Waals surface area contributed by atoms with Gasteiger partial charge in [0.25, 0.3) is 11.5 Å². The number of carbonyl (C=O) groups excluding carboxylic acids is 1. The number of hydrogen-bond acceptors (Lipinski definition) is 6. The molecule has 0 aliphatic heterocycles. The summed E-state index contributed by atoms with van der Waals surface area (Å²) < 4.78 is 5.31. The standard InChI is InChI=1S/C15H18N4O3S/c1-3-22-10-7-5-9(6-8-10)13(20)17-11-12(16)18-15(23-4-2)19-14(11)21/h5-8H,3-4H2,1-2H3,(H,17,20)(H3,16,18,19,21). The van der Waals surface area contributed by atoms with E-state index in [4.69, 9.17) is 10.5 Å². The van der Waals surface area contributed by atoms with Crippen molar-refractivity contribution in [3.05, 3.63) is 40.2 Å². The minimum absolute atomic E-state index is 0.0102. The number of carbonyl (C=O) groups is 1. The third-order valence-electron chi connectivity index (χ3n) is 2.87. The Balaban J connectivity index is 2.18. The van der Waals surface area contributed by atoms with E-state index < -0.39 is 11.5 Å². The van der Waals surface area contributed by atoms with Crippen LogP contribution in [0.4, 0.5) is 11.5 Å². The molecule has 0 spiro atoms. The first-order valence-corrected chi connectivity index (χ1v) is 8.10. The lowest BCUT2D eigenvalue weighted by molar-refractivity contribution is 0.102. The topological polar surface area (TPSA) is 110 Å². The minimum Gasteiger partial charge on any atom is -0.494 e. The smallest absolute Gasteiger partial charge is 0.277 e.